The number of rotatable bonds is 4. The maximum Gasteiger partial charge on any atom is 0.271 e. The Morgan fingerprint density at radius 3 is 2.35 bits per heavy atom. The molecule has 0 aliphatic carbocycles. The van der Waals surface area contributed by atoms with E-state index in [4.69, 9.17) is 10.7 Å². The van der Waals surface area contributed by atoms with E-state index in [2.05, 4.69) is 4.72 Å². The van der Waals surface area contributed by atoms with E-state index in [-0.39, 0.29) is 14.8 Å². The molecule has 0 aliphatic heterocycles. The van der Waals surface area contributed by atoms with E-state index in [1.807, 2.05) is 0 Å². The Morgan fingerprint density at radius 2 is 1.85 bits per heavy atom. The van der Waals surface area contributed by atoms with Gasteiger partial charge in [0, 0.05) is 19.9 Å². The van der Waals surface area contributed by atoms with Crippen molar-refractivity contribution in [1.29, 1.82) is 0 Å². The molecule has 0 spiro atoms. The maximum atomic E-state index is 12.0. The van der Waals surface area contributed by atoms with Crippen LogP contribution in [-0.2, 0) is 19.1 Å². The zero-order valence-corrected chi connectivity index (χ0v) is 14.9. The van der Waals surface area contributed by atoms with Crippen LogP contribution in [0.1, 0.15) is 0 Å². The highest BCUT2D eigenvalue weighted by molar-refractivity contribution is 14.1. The summed E-state index contributed by atoms with van der Waals surface area (Å²) in [4.78, 5) is -0.0566. The van der Waals surface area contributed by atoms with Gasteiger partial charge in [-0.1, -0.05) is 6.07 Å². The molecule has 0 unspecified atom stereocenters. The molecule has 2 rings (SSSR count). The molecule has 1 aromatic heterocycles. The lowest BCUT2D eigenvalue weighted by Gasteiger charge is -2.08. The van der Waals surface area contributed by atoms with E-state index in [9.17, 15) is 16.8 Å². The predicted octanol–water partition coefficient (Wildman–Crippen LogP) is 3.08. The van der Waals surface area contributed by atoms with Gasteiger partial charge in [0.15, 0.2) is 0 Å². The van der Waals surface area contributed by atoms with Crippen molar-refractivity contribution in [2.24, 2.45) is 0 Å². The number of sulfonamides is 1. The first-order chi connectivity index (χ1) is 9.20. The average molecular weight is 464 g/mol. The fraction of sp³-hybridized carbons (Fsp3) is 0. The van der Waals surface area contributed by atoms with Crippen molar-refractivity contribution >= 4 is 69.4 Å². The summed E-state index contributed by atoms with van der Waals surface area (Å²) in [6, 6.07) is 7.13. The maximum absolute atomic E-state index is 12.0. The highest BCUT2D eigenvalue weighted by atomic mass is 127. The van der Waals surface area contributed by atoms with E-state index < -0.39 is 19.1 Å². The number of benzene rings is 1. The van der Waals surface area contributed by atoms with Crippen LogP contribution in [0.3, 0.4) is 0 Å². The van der Waals surface area contributed by atoms with E-state index in [1.54, 1.807) is 34.0 Å². The van der Waals surface area contributed by atoms with Crippen molar-refractivity contribution in [3.8, 4) is 0 Å². The van der Waals surface area contributed by atoms with Gasteiger partial charge < -0.3 is 0 Å². The normalized spacial score (nSPS) is 12.3. The number of hydrogen-bond acceptors (Lipinski definition) is 5. The number of thiophene rings is 1. The van der Waals surface area contributed by atoms with Crippen LogP contribution in [0.25, 0.3) is 0 Å². The van der Waals surface area contributed by atoms with Crippen LogP contribution in [0, 0.1) is 3.57 Å². The minimum atomic E-state index is -3.85. The molecule has 20 heavy (non-hydrogen) atoms. The van der Waals surface area contributed by atoms with Gasteiger partial charge in [-0.2, -0.15) is 0 Å². The van der Waals surface area contributed by atoms with Gasteiger partial charge in [-0.05, 0) is 52.2 Å². The van der Waals surface area contributed by atoms with Gasteiger partial charge in [-0.25, -0.2) is 16.8 Å². The van der Waals surface area contributed by atoms with Gasteiger partial charge in [0.1, 0.15) is 4.21 Å². The Kier molecular flexibility index (Phi) is 4.64. The summed E-state index contributed by atoms with van der Waals surface area (Å²) in [5.41, 5.74) is 0.270. The first-order valence-corrected chi connectivity index (χ1v) is 10.8. The Bertz CT molecular complexity index is 831. The van der Waals surface area contributed by atoms with Crippen LogP contribution < -0.4 is 4.72 Å². The van der Waals surface area contributed by atoms with Crippen molar-refractivity contribution in [3.05, 3.63) is 39.3 Å². The topological polar surface area (TPSA) is 80.3 Å². The summed E-state index contributed by atoms with van der Waals surface area (Å²) in [5.74, 6) is 0. The summed E-state index contributed by atoms with van der Waals surface area (Å²) in [5, 5.41) is 1.65. The van der Waals surface area contributed by atoms with Gasteiger partial charge in [-0.3, -0.25) is 4.72 Å². The van der Waals surface area contributed by atoms with Crippen LogP contribution in [0.5, 0.6) is 0 Å². The standard InChI is InChI=1S/C10H7ClINO4S3/c11-19(14,15)9-4-3-7(6-8(9)12)13-20(16,17)10-2-1-5-18-10/h1-6,13H. The van der Waals surface area contributed by atoms with Crippen LogP contribution in [0.15, 0.2) is 44.8 Å². The quantitative estimate of drug-likeness (QED) is 0.558. The number of nitrogens with one attached hydrogen (secondary N) is 1. The Hall–Kier alpha value is -0.360. The van der Waals surface area contributed by atoms with Crippen LogP contribution in [0.4, 0.5) is 5.69 Å². The van der Waals surface area contributed by atoms with Gasteiger partial charge >= 0.3 is 0 Å². The largest absolute Gasteiger partial charge is 0.279 e. The summed E-state index contributed by atoms with van der Waals surface area (Å²) < 4.78 is 49.4. The lowest BCUT2D eigenvalue weighted by Crippen LogP contribution is -2.11. The summed E-state index contributed by atoms with van der Waals surface area (Å²) in [7, 11) is -2.24. The van der Waals surface area contributed by atoms with Gasteiger partial charge in [-0.15, -0.1) is 11.3 Å². The lowest BCUT2D eigenvalue weighted by atomic mass is 10.3. The minimum Gasteiger partial charge on any atom is -0.279 e. The molecule has 5 nitrogen and oxygen atoms in total. The second-order valence-corrected chi connectivity index (χ2v) is 10.2. The third kappa shape index (κ3) is 3.64. The summed E-state index contributed by atoms with van der Waals surface area (Å²) in [6.45, 7) is 0. The smallest absolute Gasteiger partial charge is 0.271 e. The highest BCUT2D eigenvalue weighted by Gasteiger charge is 2.18. The third-order valence-electron chi connectivity index (χ3n) is 2.21. The fourth-order valence-electron chi connectivity index (χ4n) is 1.38. The molecule has 1 aromatic carbocycles. The molecule has 0 atom stereocenters. The molecule has 108 valence electrons. The molecule has 2 aromatic rings. The van der Waals surface area contributed by atoms with Crippen molar-refractivity contribution in [2.75, 3.05) is 4.72 Å². The van der Waals surface area contributed by atoms with E-state index in [1.165, 1.54) is 24.3 Å². The first-order valence-electron chi connectivity index (χ1n) is 5.01. The van der Waals surface area contributed by atoms with E-state index in [0.29, 0.717) is 3.57 Å². The zero-order valence-electron chi connectivity index (χ0n) is 9.58. The van der Waals surface area contributed by atoms with Crippen molar-refractivity contribution in [1.82, 2.24) is 0 Å². The van der Waals surface area contributed by atoms with Crippen molar-refractivity contribution in [2.45, 2.75) is 9.10 Å². The molecule has 1 N–H and O–H groups in total. The molecular formula is C10H7ClINO4S3. The molecular weight excluding hydrogens is 457 g/mol. The Labute approximate surface area is 138 Å². The van der Waals surface area contributed by atoms with E-state index >= 15 is 0 Å². The number of hydrogen-bond donors (Lipinski definition) is 1. The average Bonchev–Trinajstić information content (AvgIpc) is 2.80. The molecule has 0 aliphatic rings. The molecule has 0 saturated heterocycles. The monoisotopic (exact) mass is 463 g/mol. The fourth-order valence-corrected chi connectivity index (χ4v) is 6.13. The lowest BCUT2D eigenvalue weighted by molar-refractivity contribution is 0.603. The molecule has 10 heteroatoms. The second-order valence-electron chi connectivity index (χ2n) is 3.62. The van der Waals surface area contributed by atoms with Crippen LogP contribution >= 0.6 is 44.6 Å². The molecule has 0 amide bonds. The van der Waals surface area contributed by atoms with E-state index in [0.717, 1.165) is 11.3 Å². The summed E-state index contributed by atoms with van der Waals surface area (Å²) >= 11 is 2.87. The molecule has 0 bridgehead atoms. The number of anilines is 1. The molecule has 0 fully saturated rings. The Morgan fingerprint density at radius 1 is 1.15 bits per heavy atom. The van der Waals surface area contributed by atoms with Crippen molar-refractivity contribution in [3.63, 3.8) is 0 Å². The number of halogens is 2. The van der Waals surface area contributed by atoms with Gasteiger partial charge in [0.25, 0.3) is 19.1 Å². The third-order valence-corrected chi connectivity index (χ3v) is 7.62. The minimum absolute atomic E-state index is 0.0566. The van der Waals surface area contributed by atoms with Crippen LogP contribution in [-0.4, -0.2) is 16.8 Å². The SMILES string of the molecule is O=S(=O)(Cl)c1ccc(NS(=O)(=O)c2cccs2)cc1I. The summed E-state index contributed by atoms with van der Waals surface area (Å²) in [6.07, 6.45) is 0. The van der Waals surface area contributed by atoms with Gasteiger partial charge in [0.2, 0.25) is 0 Å². The highest BCUT2D eigenvalue weighted by Crippen LogP contribution is 2.26. The van der Waals surface area contributed by atoms with Gasteiger partial charge in [0.05, 0.1) is 4.90 Å². The molecule has 0 radical (unpaired) electrons. The van der Waals surface area contributed by atoms with Crippen LogP contribution in [0.2, 0.25) is 0 Å². The molecule has 1 heterocycles. The molecule has 0 saturated carbocycles. The first kappa shape index (κ1) is 16.0. The Balaban J connectivity index is 2.35. The van der Waals surface area contributed by atoms with Crippen molar-refractivity contribution < 1.29 is 16.8 Å². The predicted molar refractivity (Wildman–Crippen MR) is 87.3 cm³/mol. The second kappa shape index (κ2) is 5.79. The zero-order chi connectivity index (χ0) is 15.0.